The van der Waals surface area contributed by atoms with E-state index in [1.54, 1.807) is 0 Å². The van der Waals surface area contributed by atoms with Crippen LogP contribution in [-0.4, -0.2) is 0 Å². The van der Waals surface area contributed by atoms with E-state index in [1.165, 1.54) is 44.2 Å². The van der Waals surface area contributed by atoms with Gasteiger partial charge in [-0.1, -0.05) is 78.9 Å². The Morgan fingerprint density at radius 2 is 1.29 bits per heavy atom. The molecule has 0 aliphatic carbocycles. The third-order valence-corrected chi connectivity index (χ3v) is 4.83. The predicted octanol–water partition coefficient (Wildman–Crippen LogP) is 6.79. The molecule has 0 aliphatic rings. The topological polar surface area (TPSA) is 0 Å². The second kappa shape index (κ2) is 5.98. The zero-order chi connectivity index (χ0) is 16.5. The Kier molecular flexibility index (Phi) is 3.66. The van der Waals surface area contributed by atoms with Crippen molar-refractivity contribution in [2.24, 2.45) is 0 Å². The van der Waals surface area contributed by atoms with Crippen LogP contribution in [0.3, 0.4) is 0 Å². The zero-order valence-corrected chi connectivity index (χ0v) is 14.1. The largest absolute Gasteiger partial charge is 0.0622 e. The second-order valence-corrected chi connectivity index (χ2v) is 6.35. The summed E-state index contributed by atoms with van der Waals surface area (Å²) in [6.45, 7) is 4.42. The SMILES string of the molecule is Cc1ccc(-c2ccccc2)cc1-c1ccc2ccccc2c1C. The minimum atomic E-state index is 1.26. The van der Waals surface area contributed by atoms with Gasteiger partial charge in [-0.3, -0.25) is 0 Å². The molecule has 0 fully saturated rings. The fourth-order valence-electron chi connectivity index (χ4n) is 3.44. The summed E-state index contributed by atoms with van der Waals surface area (Å²) in [4.78, 5) is 0. The van der Waals surface area contributed by atoms with Crippen molar-refractivity contribution in [2.75, 3.05) is 0 Å². The monoisotopic (exact) mass is 308 g/mol. The minimum Gasteiger partial charge on any atom is -0.0622 e. The van der Waals surface area contributed by atoms with Gasteiger partial charge in [-0.2, -0.15) is 0 Å². The lowest BCUT2D eigenvalue weighted by Gasteiger charge is -2.14. The molecule has 116 valence electrons. The molecule has 0 N–H and O–H groups in total. The van der Waals surface area contributed by atoms with E-state index in [2.05, 4.69) is 98.8 Å². The summed E-state index contributed by atoms with van der Waals surface area (Å²) in [6.07, 6.45) is 0. The molecule has 0 aromatic heterocycles. The van der Waals surface area contributed by atoms with Gasteiger partial charge in [-0.05, 0) is 64.1 Å². The van der Waals surface area contributed by atoms with Gasteiger partial charge in [-0.15, -0.1) is 0 Å². The van der Waals surface area contributed by atoms with Crippen LogP contribution in [-0.2, 0) is 0 Å². The van der Waals surface area contributed by atoms with Crippen molar-refractivity contribution in [2.45, 2.75) is 13.8 Å². The van der Waals surface area contributed by atoms with Gasteiger partial charge in [0.25, 0.3) is 0 Å². The van der Waals surface area contributed by atoms with Crippen molar-refractivity contribution in [3.05, 3.63) is 96.1 Å². The highest BCUT2D eigenvalue weighted by molar-refractivity contribution is 5.92. The zero-order valence-electron chi connectivity index (χ0n) is 14.1. The molecule has 0 heteroatoms. The molecule has 0 nitrogen and oxygen atoms in total. The number of hydrogen-bond donors (Lipinski definition) is 0. The molecule has 0 atom stereocenters. The lowest BCUT2D eigenvalue weighted by molar-refractivity contribution is 1.43. The summed E-state index contributed by atoms with van der Waals surface area (Å²) in [7, 11) is 0. The fraction of sp³-hybridized carbons (Fsp3) is 0.0833. The van der Waals surface area contributed by atoms with Gasteiger partial charge in [0.1, 0.15) is 0 Å². The van der Waals surface area contributed by atoms with Crippen LogP contribution in [0.4, 0.5) is 0 Å². The third-order valence-electron chi connectivity index (χ3n) is 4.83. The summed E-state index contributed by atoms with van der Waals surface area (Å²) < 4.78 is 0. The van der Waals surface area contributed by atoms with E-state index in [9.17, 15) is 0 Å². The maximum absolute atomic E-state index is 2.32. The molecule has 0 saturated carbocycles. The van der Waals surface area contributed by atoms with Gasteiger partial charge in [0.15, 0.2) is 0 Å². The number of rotatable bonds is 2. The Morgan fingerprint density at radius 1 is 0.542 bits per heavy atom. The van der Waals surface area contributed by atoms with Crippen LogP contribution in [0, 0.1) is 13.8 Å². The lowest BCUT2D eigenvalue weighted by Crippen LogP contribution is -1.90. The van der Waals surface area contributed by atoms with Gasteiger partial charge in [-0.25, -0.2) is 0 Å². The Morgan fingerprint density at radius 3 is 2.12 bits per heavy atom. The first-order chi connectivity index (χ1) is 11.7. The molecule has 0 aliphatic heterocycles. The van der Waals surface area contributed by atoms with Crippen molar-refractivity contribution in [3.8, 4) is 22.3 Å². The van der Waals surface area contributed by atoms with Crippen LogP contribution in [0.1, 0.15) is 11.1 Å². The van der Waals surface area contributed by atoms with Crippen LogP contribution in [0.15, 0.2) is 84.9 Å². The van der Waals surface area contributed by atoms with E-state index in [4.69, 9.17) is 0 Å². The van der Waals surface area contributed by atoms with Crippen LogP contribution in [0.2, 0.25) is 0 Å². The van der Waals surface area contributed by atoms with E-state index in [1.807, 2.05) is 0 Å². The Labute approximate surface area is 143 Å². The van der Waals surface area contributed by atoms with E-state index in [0.717, 1.165) is 0 Å². The second-order valence-electron chi connectivity index (χ2n) is 6.35. The summed E-state index contributed by atoms with van der Waals surface area (Å²) in [5, 5.41) is 2.63. The van der Waals surface area contributed by atoms with Crippen LogP contribution in [0.25, 0.3) is 33.0 Å². The van der Waals surface area contributed by atoms with Gasteiger partial charge in [0.2, 0.25) is 0 Å². The Hall–Kier alpha value is -2.86. The van der Waals surface area contributed by atoms with E-state index in [0.29, 0.717) is 0 Å². The van der Waals surface area contributed by atoms with Crippen LogP contribution < -0.4 is 0 Å². The van der Waals surface area contributed by atoms with Crippen molar-refractivity contribution < 1.29 is 0 Å². The predicted molar refractivity (Wildman–Crippen MR) is 104 cm³/mol. The maximum Gasteiger partial charge on any atom is -0.0145 e. The molecular formula is C24H20. The molecule has 4 aromatic rings. The highest BCUT2D eigenvalue weighted by atomic mass is 14.1. The molecule has 0 saturated heterocycles. The van der Waals surface area contributed by atoms with E-state index in [-0.39, 0.29) is 0 Å². The fourth-order valence-corrected chi connectivity index (χ4v) is 3.44. The highest BCUT2D eigenvalue weighted by Gasteiger charge is 2.09. The van der Waals surface area contributed by atoms with E-state index < -0.39 is 0 Å². The molecule has 0 amide bonds. The summed E-state index contributed by atoms with van der Waals surface area (Å²) in [5.41, 5.74) is 7.83. The van der Waals surface area contributed by atoms with E-state index >= 15 is 0 Å². The van der Waals surface area contributed by atoms with Crippen LogP contribution in [0.5, 0.6) is 0 Å². The molecule has 0 bridgehead atoms. The van der Waals surface area contributed by atoms with Gasteiger partial charge >= 0.3 is 0 Å². The molecule has 24 heavy (non-hydrogen) atoms. The Bertz CT molecular complexity index is 1010. The molecular weight excluding hydrogens is 288 g/mol. The van der Waals surface area contributed by atoms with Gasteiger partial charge in [0.05, 0.1) is 0 Å². The first-order valence-electron chi connectivity index (χ1n) is 8.39. The smallest absolute Gasteiger partial charge is 0.0145 e. The van der Waals surface area contributed by atoms with Gasteiger partial charge < -0.3 is 0 Å². The normalized spacial score (nSPS) is 10.9. The average Bonchev–Trinajstić information content (AvgIpc) is 2.64. The summed E-state index contributed by atoms with van der Waals surface area (Å²) in [6, 6.07) is 30.4. The lowest BCUT2D eigenvalue weighted by atomic mass is 9.90. The maximum atomic E-state index is 2.32. The standard InChI is InChI=1S/C24H20/c1-17-12-13-21(19-8-4-3-5-9-19)16-24(17)23-15-14-20-10-6-7-11-22(20)18(23)2/h3-16H,1-2H3. The number of benzene rings is 4. The molecule has 0 unspecified atom stereocenters. The van der Waals surface area contributed by atoms with Crippen molar-refractivity contribution >= 4 is 10.8 Å². The first kappa shape index (κ1) is 14.7. The third kappa shape index (κ3) is 2.51. The first-order valence-corrected chi connectivity index (χ1v) is 8.39. The average molecular weight is 308 g/mol. The highest BCUT2D eigenvalue weighted by Crippen LogP contribution is 2.34. The van der Waals surface area contributed by atoms with Gasteiger partial charge in [0, 0.05) is 0 Å². The summed E-state index contributed by atoms with van der Waals surface area (Å²) in [5.74, 6) is 0. The molecule has 4 aromatic carbocycles. The molecule has 0 spiro atoms. The number of fused-ring (bicyclic) bond motifs is 1. The quantitative estimate of drug-likeness (QED) is 0.382. The molecule has 4 rings (SSSR count). The minimum absolute atomic E-state index is 1.26. The van der Waals surface area contributed by atoms with Crippen LogP contribution >= 0.6 is 0 Å². The number of hydrogen-bond acceptors (Lipinski definition) is 0. The van der Waals surface area contributed by atoms with Crippen molar-refractivity contribution in [1.82, 2.24) is 0 Å². The molecule has 0 heterocycles. The van der Waals surface area contributed by atoms with Crippen molar-refractivity contribution in [3.63, 3.8) is 0 Å². The van der Waals surface area contributed by atoms with Crippen molar-refractivity contribution in [1.29, 1.82) is 0 Å². The number of aryl methyl sites for hydroxylation is 2. The molecule has 0 radical (unpaired) electrons. The Balaban J connectivity index is 1.92. The summed E-state index contributed by atoms with van der Waals surface area (Å²) >= 11 is 0.